The van der Waals surface area contributed by atoms with Gasteiger partial charge < -0.3 is 10.3 Å². The number of carbonyl (C=O) groups excluding carboxylic acids is 1. The smallest absolute Gasteiger partial charge is 0.231 e. The van der Waals surface area contributed by atoms with Crippen molar-refractivity contribution < 1.29 is 4.79 Å². The Kier molecular flexibility index (Phi) is 4.45. The van der Waals surface area contributed by atoms with Crippen LogP contribution in [0.15, 0.2) is 45.6 Å². The fourth-order valence-electron chi connectivity index (χ4n) is 2.82. The van der Waals surface area contributed by atoms with Gasteiger partial charge in [0.2, 0.25) is 5.91 Å². The number of thiazole rings is 1. The Bertz CT molecular complexity index is 1060. The number of amides is 1. The van der Waals surface area contributed by atoms with Crippen molar-refractivity contribution in [3.05, 3.63) is 56.1 Å². The number of hydrogen-bond acceptors (Lipinski definition) is 4. The number of aromatic amines is 1. The highest BCUT2D eigenvalue weighted by Gasteiger charge is 2.15. The van der Waals surface area contributed by atoms with E-state index in [2.05, 4.69) is 43.3 Å². The average Bonchev–Trinajstić information content (AvgIpc) is 3.26. The zero-order chi connectivity index (χ0) is 17.4. The van der Waals surface area contributed by atoms with E-state index in [0.29, 0.717) is 11.6 Å². The molecule has 0 aliphatic heterocycles. The molecule has 0 bridgehead atoms. The van der Waals surface area contributed by atoms with E-state index in [-0.39, 0.29) is 5.91 Å². The van der Waals surface area contributed by atoms with E-state index in [1.54, 1.807) is 11.3 Å². The summed E-state index contributed by atoms with van der Waals surface area (Å²) in [6.07, 6.45) is 0.358. The van der Waals surface area contributed by atoms with Gasteiger partial charge in [-0.15, -0.1) is 22.7 Å². The van der Waals surface area contributed by atoms with Gasteiger partial charge in [-0.05, 0) is 35.0 Å². The molecule has 0 saturated heterocycles. The molecular weight excluding hydrogens is 418 g/mol. The SMILES string of the molecule is Cc1[nH]c2ccccc2c1-c1csc(NC(=O)Cc2cc(Br)cs2)n1. The van der Waals surface area contributed by atoms with Crippen LogP contribution in [0.2, 0.25) is 0 Å². The van der Waals surface area contributed by atoms with Crippen LogP contribution in [0.4, 0.5) is 5.13 Å². The summed E-state index contributed by atoms with van der Waals surface area (Å²) in [6.45, 7) is 2.04. The number of benzene rings is 1. The number of fused-ring (bicyclic) bond motifs is 1. The number of H-pyrrole nitrogens is 1. The van der Waals surface area contributed by atoms with Crippen molar-refractivity contribution in [2.24, 2.45) is 0 Å². The second-order valence-electron chi connectivity index (χ2n) is 5.66. The summed E-state index contributed by atoms with van der Waals surface area (Å²) in [4.78, 5) is 21.2. The Balaban J connectivity index is 1.55. The number of para-hydroxylation sites is 1. The third kappa shape index (κ3) is 3.40. The number of nitrogens with one attached hydrogen (secondary N) is 2. The van der Waals surface area contributed by atoms with Crippen molar-refractivity contribution in [2.45, 2.75) is 13.3 Å². The topological polar surface area (TPSA) is 57.8 Å². The molecule has 0 radical (unpaired) electrons. The molecule has 4 rings (SSSR count). The van der Waals surface area contributed by atoms with E-state index in [1.807, 2.05) is 35.9 Å². The molecule has 7 heteroatoms. The maximum Gasteiger partial charge on any atom is 0.231 e. The molecule has 3 aromatic heterocycles. The van der Waals surface area contributed by atoms with Gasteiger partial charge in [0.1, 0.15) is 0 Å². The van der Waals surface area contributed by atoms with Gasteiger partial charge in [-0.2, -0.15) is 0 Å². The first-order valence-corrected chi connectivity index (χ1v) is 10.2. The maximum atomic E-state index is 12.2. The number of carbonyl (C=O) groups is 1. The third-order valence-corrected chi connectivity index (χ3v) is 6.31. The Labute approximate surface area is 161 Å². The highest BCUT2D eigenvalue weighted by molar-refractivity contribution is 9.10. The summed E-state index contributed by atoms with van der Waals surface area (Å²) < 4.78 is 1.01. The van der Waals surface area contributed by atoms with Crippen LogP contribution < -0.4 is 5.32 Å². The van der Waals surface area contributed by atoms with Crippen LogP contribution >= 0.6 is 38.6 Å². The molecule has 0 aliphatic carbocycles. The molecule has 0 saturated carbocycles. The van der Waals surface area contributed by atoms with Crippen molar-refractivity contribution >= 4 is 60.5 Å². The van der Waals surface area contributed by atoms with Crippen LogP contribution in [0.3, 0.4) is 0 Å². The van der Waals surface area contributed by atoms with Crippen molar-refractivity contribution in [3.8, 4) is 11.3 Å². The quantitative estimate of drug-likeness (QED) is 0.441. The van der Waals surface area contributed by atoms with E-state index in [0.717, 1.165) is 37.2 Å². The van der Waals surface area contributed by atoms with Gasteiger partial charge in [0.05, 0.1) is 12.1 Å². The molecule has 4 aromatic rings. The molecule has 4 nitrogen and oxygen atoms in total. The van der Waals surface area contributed by atoms with E-state index < -0.39 is 0 Å². The summed E-state index contributed by atoms with van der Waals surface area (Å²) >= 11 is 6.42. The molecule has 2 N–H and O–H groups in total. The number of aromatic nitrogens is 2. The van der Waals surface area contributed by atoms with Gasteiger partial charge in [-0.1, -0.05) is 18.2 Å². The minimum atomic E-state index is -0.0501. The fourth-order valence-corrected chi connectivity index (χ4v) is 4.99. The lowest BCUT2D eigenvalue weighted by molar-refractivity contribution is -0.115. The molecule has 1 aromatic carbocycles. The zero-order valence-electron chi connectivity index (χ0n) is 13.3. The minimum absolute atomic E-state index is 0.0501. The molecule has 0 aliphatic rings. The second-order valence-corrected chi connectivity index (χ2v) is 8.43. The zero-order valence-corrected chi connectivity index (χ0v) is 16.5. The summed E-state index contributed by atoms with van der Waals surface area (Å²) in [5, 5.41) is 8.63. The summed E-state index contributed by atoms with van der Waals surface area (Å²) in [5.74, 6) is -0.0501. The van der Waals surface area contributed by atoms with Crippen molar-refractivity contribution in [1.82, 2.24) is 9.97 Å². The van der Waals surface area contributed by atoms with Crippen LogP contribution in [0.5, 0.6) is 0 Å². The van der Waals surface area contributed by atoms with Gasteiger partial charge in [-0.3, -0.25) is 4.79 Å². The van der Waals surface area contributed by atoms with Crippen LogP contribution in [0.25, 0.3) is 22.2 Å². The van der Waals surface area contributed by atoms with E-state index in [1.165, 1.54) is 11.3 Å². The molecule has 0 atom stereocenters. The fraction of sp³-hybridized carbons (Fsp3) is 0.111. The van der Waals surface area contributed by atoms with E-state index in [4.69, 9.17) is 0 Å². The standard InChI is InChI=1S/C18H14BrN3OS2/c1-10-17(13-4-2-3-5-14(13)20-10)15-9-25-18(21-15)22-16(23)7-12-6-11(19)8-24-12/h2-6,8-9,20H,7H2,1H3,(H,21,22,23). The van der Waals surface area contributed by atoms with E-state index in [9.17, 15) is 4.79 Å². The Morgan fingerprint density at radius 2 is 2.12 bits per heavy atom. The first kappa shape index (κ1) is 16.5. The Hall–Kier alpha value is -1.96. The number of anilines is 1. The van der Waals surface area contributed by atoms with Gasteiger partial charge in [-0.25, -0.2) is 4.98 Å². The van der Waals surface area contributed by atoms with Crippen LogP contribution in [0.1, 0.15) is 10.6 Å². The highest BCUT2D eigenvalue weighted by atomic mass is 79.9. The third-order valence-electron chi connectivity index (χ3n) is 3.86. The second kappa shape index (κ2) is 6.74. The molecule has 126 valence electrons. The molecule has 3 heterocycles. The lowest BCUT2D eigenvalue weighted by Gasteiger charge is -2.00. The largest absolute Gasteiger partial charge is 0.358 e. The lowest BCUT2D eigenvalue weighted by Crippen LogP contribution is -2.13. The molecule has 1 amide bonds. The Morgan fingerprint density at radius 1 is 1.28 bits per heavy atom. The Morgan fingerprint density at radius 3 is 2.92 bits per heavy atom. The predicted octanol–water partition coefficient (Wildman–Crippen LogP) is 5.61. The first-order chi connectivity index (χ1) is 12.1. The van der Waals surface area contributed by atoms with Crippen LogP contribution in [-0.4, -0.2) is 15.9 Å². The molecular formula is C18H14BrN3OS2. The van der Waals surface area contributed by atoms with Gasteiger partial charge in [0.25, 0.3) is 0 Å². The van der Waals surface area contributed by atoms with Crippen molar-refractivity contribution in [2.75, 3.05) is 5.32 Å². The minimum Gasteiger partial charge on any atom is -0.358 e. The molecule has 25 heavy (non-hydrogen) atoms. The van der Waals surface area contributed by atoms with Crippen LogP contribution in [0, 0.1) is 6.92 Å². The maximum absolute atomic E-state index is 12.2. The number of hydrogen-bond donors (Lipinski definition) is 2. The monoisotopic (exact) mass is 431 g/mol. The molecule has 0 spiro atoms. The van der Waals surface area contributed by atoms with Crippen molar-refractivity contribution in [1.29, 1.82) is 0 Å². The number of halogens is 1. The normalized spacial score (nSPS) is 11.1. The summed E-state index contributed by atoms with van der Waals surface area (Å²) in [5.41, 5.74) is 4.15. The average molecular weight is 432 g/mol. The van der Waals surface area contributed by atoms with E-state index >= 15 is 0 Å². The van der Waals surface area contributed by atoms with Gasteiger partial charge >= 0.3 is 0 Å². The van der Waals surface area contributed by atoms with Crippen LogP contribution in [-0.2, 0) is 11.2 Å². The van der Waals surface area contributed by atoms with Gasteiger partial charge in [0.15, 0.2) is 5.13 Å². The first-order valence-electron chi connectivity index (χ1n) is 7.66. The summed E-state index contributed by atoms with van der Waals surface area (Å²) in [7, 11) is 0. The number of aryl methyl sites for hydroxylation is 1. The highest BCUT2D eigenvalue weighted by Crippen LogP contribution is 2.33. The number of thiophene rings is 1. The molecule has 0 unspecified atom stereocenters. The van der Waals surface area contributed by atoms with Gasteiger partial charge in [0, 0.05) is 42.3 Å². The van der Waals surface area contributed by atoms with Crippen molar-refractivity contribution in [3.63, 3.8) is 0 Å². The number of nitrogens with zero attached hydrogens (tertiary/aromatic N) is 1. The lowest BCUT2D eigenvalue weighted by atomic mass is 10.1. The number of rotatable bonds is 4. The summed E-state index contributed by atoms with van der Waals surface area (Å²) in [6, 6.07) is 10.1. The predicted molar refractivity (Wildman–Crippen MR) is 108 cm³/mol. The molecule has 0 fully saturated rings.